The first-order valence-corrected chi connectivity index (χ1v) is 8.55. The van der Waals surface area contributed by atoms with Gasteiger partial charge in [0.05, 0.1) is 10.6 Å². The second kappa shape index (κ2) is 6.41. The minimum Gasteiger partial charge on any atom is -0.200 e. The number of hydrogen-bond donors (Lipinski definition) is 1. The molecule has 0 aliphatic carbocycles. The van der Waals surface area contributed by atoms with Crippen molar-refractivity contribution < 1.29 is 8.42 Å². The van der Waals surface area contributed by atoms with E-state index >= 15 is 0 Å². The van der Waals surface area contributed by atoms with Crippen molar-refractivity contribution in [1.29, 1.82) is 0 Å². The van der Waals surface area contributed by atoms with Crippen LogP contribution in [-0.4, -0.2) is 14.1 Å². The summed E-state index contributed by atoms with van der Waals surface area (Å²) in [5.41, 5.74) is 2.45. The standard InChI is InChI=1S/C15H15BrN2O2S/c1-11-3-9-15(10-4-11)21(19,20)18-17-12(2)13-5-7-14(16)8-6-13/h3-10,18H,1-2H3/b17-12-. The molecule has 0 amide bonds. The molecule has 0 saturated heterocycles. The molecule has 0 fully saturated rings. The van der Waals surface area contributed by atoms with Crippen LogP contribution in [0.3, 0.4) is 0 Å². The van der Waals surface area contributed by atoms with Gasteiger partial charge < -0.3 is 0 Å². The highest BCUT2D eigenvalue weighted by atomic mass is 79.9. The minimum atomic E-state index is -3.64. The van der Waals surface area contributed by atoms with Crippen molar-refractivity contribution in [2.75, 3.05) is 0 Å². The smallest absolute Gasteiger partial charge is 0.200 e. The second-order valence-corrected chi connectivity index (χ2v) is 7.19. The summed E-state index contributed by atoms with van der Waals surface area (Å²) in [4.78, 5) is 2.45. The molecule has 21 heavy (non-hydrogen) atoms. The van der Waals surface area contributed by atoms with E-state index in [1.807, 2.05) is 31.2 Å². The molecule has 0 saturated carbocycles. The maximum Gasteiger partial charge on any atom is 0.276 e. The van der Waals surface area contributed by atoms with Crippen LogP contribution in [0, 0.1) is 6.92 Å². The zero-order valence-electron chi connectivity index (χ0n) is 11.7. The number of hydrogen-bond acceptors (Lipinski definition) is 3. The number of nitrogens with zero attached hydrogens (tertiary/aromatic N) is 1. The monoisotopic (exact) mass is 366 g/mol. The fourth-order valence-corrected chi connectivity index (χ4v) is 2.78. The molecule has 0 spiro atoms. The molecule has 0 atom stereocenters. The Morgan fingerprint density at radius 3 is 2.19 bits per heavy atom. The summed E-state index contributed by atoms with van der Waals surface area (Å²) in [6, 6.07) is 14.1. The van der Waals surface area contributed by atoms with E-state index in [1.165, 1.54) is 0 Å². The van der Waals surface area contributed by atoms with Crippen LogP contribution < -0.4 is 4.83 Å². The quantitative estimate of drug-likeness (QED) is 0.665. The molecule has 2 aromatic carbocycles. The van der Waals surface area contributed by atoms with Gasteiger partial charge in [-0.15, -0.1) is 0 Å². The lowest BCUT2D eigenvalue weighted by Crippen LogP contribution is -2.19. The third-order valence-corrected chi connectivity index (χ3v) is 4.68. The van der Waals surface area contributed by atoms with E-state index in [2.05, 4.69) is 25.9 Å². The van der Waals surface area contributed by atoms with Gasteiger partial charge in [-0.25, -0.2) is 0 Å². The van der Waals surface area contributed by atoms with Gasteiger partial charge in [-0.1, -0.05) is 45.8 Å². The predicted octanol–water partition coefficient (Wildman–Crippen LogP) is 3.46. The number of aryl methyl sites for hydroxylation is 1. The topological polar surface area (TPSA) is 58.5 Å². The lowest BCUT2D eigenvalue weighted by molar-refractivity contribution is 0.584. The van der Waals surface area contributed by atoms with Crippen LogP contribution in [0.2, 0.25) is 0 Å². The van der Waals surface area contributed by atoms with Gasteiger partial charge in [0.1, 0.15) is 0 Å². The molecule has 2 rings (SSSR count). The van der Waals surface area contributed by atoms with E-state index in [0.717, 1.165) is 15.6 Å². The van der Waals surface area contributed by atoms with E-state index in [4.69, 9.17) is 0 Å². The third kappa shape index (κ3) is 4.15. The molecule has 0 aliphatic heterocycles. The molecule has 6 heteroatoms. The van der Waals surface area contributed by atoms with Crippen molar-refractivity contribution in [3.63, 3.8) is 0 Å². The Hall–Kier alpha value is -1.66. The number of halogens is 1. The molecule has 0 bridgehead atoms. The van der Waals surface area contributed by atoms with Crippen molar-refractivity contribution in [2.45, 2.75) is 18.7 Å². The summed E-state index contributed by atoms with van der Waals surface area (Å²) >= 11 is 3.35. The first-order chi connectivity index (χ1) is 9.88. The minimum absolute atomic E-state index is 0.195. The maximum absolute atomic E-state index is 12.1. The van der Waals surface area contributed by atoms with Crippen LogP contribution in [0.1, 0.15) is 18.1 Å². The van der Waals surface area contributed by atoms with Gasteiger partial charge in [0.25, 0.3) is 10.0 Å². The van der Waals surface area contributed by atoms with Gasteiger partial charge in [0.2, 0.25) is 0 Å². The van der Waals surface area contributed by atoms with E-state index < -0.39 is 10.0 Å². The molecule has 0 radical (unpaired) electrons. The van der Waals surface area contributed by atoms with E-state index in [-0.39, 0.29) is 4.90 Å². The van der Waals surface area contributed by atoms with Crippen LogP contribution in [0.4, 0.5) is 0 Å². The number of sulfonamides is 1. The highest BCUT2D eigenvalue weighted by Crippen LogP contribution is 2.12. The third-order valence-electron chi connectivity index (χ3n) is 2.93. The van der Waals surface area contributed by atoms with Crippen LogP contribution in [0.5, 0.6) is 0 Å². The largest absolute Gasteiger partial charge is 0.276 e. The van der Waals surface area contributed by atoms with Crippen LogP contribution in [-0.2, 0) is 10.0 Å². The van der Waals surface area contributed by atoms with Crippen LogP contribution in [0.15, 0.2) is 63.0 Å². The lowest BCUT2D eigenvalue weighted by atomic mass is 10.1. The first-order valence-electron chi connectivity index (χ1n) is 6.27. The Labute approximate surface area is 133 Å². The number of nitrogens with one attached hydrogen (secondary N) is 1. The van der Waals surface area contributed by atoms with Gasteiger partial charge in [0.15, 0.2) is 0 Å². The van der Waals surface area contributed by atoms with Gasteiger partial charge >= 0.3 is 0 Å². The average molecular weight is 367 g/mol. The van der Waals surface area contributed by atoms with E-state index in [1.54, 1.807) is 31.2 Å². The summed E-state index contributed by atoms with van der Waals surface area (Å²) in [6.45, 7) is 3.65. The van der Waals surface area contributed by atoms with Crippen molar-refractivity contribution >= 4 is 31.7 Å². The fourth-order valence-electron chi connectivity index (χ4n) is 1.65. The van der Waals surface area contributed by atoms with E-state index in [0.29, 0.717) is 5.71 Å². The maximum atomic E-state index is 12.1. The molecule has 2 aromatic rings. The van der Waals surface area contributed by atoms with Gasteiger partial charge in [-0.3, -0.25) is 0 Å². The number of rotatable bonds is 4. The first kappa shape index (κ1) is 15.7. The van der Waals surface area contributed by atoms with Gasteiger partial charge in [0, 0.05) is 4.47 Å². The predicted molar refractivity (Wildman–Crippen MR) is 87.9 cm³/mol. The van der Waals surface area contributed by atoms with Gasteiger partial charge in [-0.05, 0) is 43.7 Å². The van der Waals surface area contributed by atoms with Crippen LogP contribution in [0.25, 0.3) is 0 Å². The Balaban J connectivity index is 2.18. The van der Waals surface area contributed by atoms with Crippen molar-refractivity contribution in [3.8, 4) is 0 Å². The molecule has 0 aliphatic rings. The van der Waals surface area contributed by atoms with Crippen LogP contribution >= 0.6 is 15.9 Å². The fraction of sp³-hybridized carbons (Fsp3) is 0.133. The molecule has 0 aromatic heterocycles. The Morgan fingerprint density at radius 2 is 1.62 bits per heavy atom. The van der Waals surface area contributed by atoms with Gasteiger partial charge in [-0.2, -0.15) is 18.4 Å². The normalized spacial score (nSPS) is 12.2. The molecule has 0 heterocycles. The summed E-state index contributed by atoms with van der Waals surface area (Å²) in [5, 5.41) is 3.96. The molecule has 110 valence electrons. The van der Waals surface area contributed by atoms with Crippen molar-refractivity contribution in [1.82, 2.24) is 4.83 Å². The summed E-state index contributed by atoms with van der Waals surface area (Å²) in [5.74, 6) is 0. The number of hydrazone groups is 1. The molecule has 0 unspecified atom stereocenters. The summed E-state index contributed by atoms with van der Waals surface area (Å²) in [7, 11) is -3.64. The zero-order valence-corrected chi connectivity index (χ0v) is 14.1. The Kier molecular flexibility index (Phi) is 4.80. The van der Waals surface area contributed by atoms with Crippen molar-refractivity contribution in [3.05, 3.63) is 64.1 Å². The molecular formula is C15H15BrN2O2S. The SMILES string of the molecule is C/C(=N/NS(=O)(=O)c1ccc(C)cc1)c1ccc(Br)cc1. The highest BCUT2D eigenvalue weighted by molar-refractivity contribution is 9.10. The molecule has 1 N–H and O–H groups in total. The number of benzene rings is 2. The Bertz CT molecular complexity index is 751. The zero-order chi connectivity index (χ0) is 15.5. The molecular weight excluding hydrogens is 352 g/mol. The van der Waals surface area contributed by atoms with E-state index in [9.17, 15) is 8.42 Å². The second-order valence-electron chi connectivity index (χ2n) is 4.61. The molecule has 4 nitrogen and oxygen atoms in total. The summed E-state index contributed by atoms with van der Waals surface area (Å²) < 4.78 is 25.2. The van der Waals surface area contributed by atoms with Crippen molar-refractivity contribution in [2.24, 2.45) is 5.10 Å². The summed E-state index contributed by atoms with van der Waals surface area (Å²) in [6.07, 6.45) is 0. The highest BCUT2D eigenvalue weighted by Gasteiger charge is 2.12. The Morgan fingerprint density at radius 1 is 1.05 bits per heavy atom. The lowest BCUT2D eigenvalue weighted by Gasteiger charge is -2.06. The average Bonchev–Trinajstić information content (AvgIpc) is 2.46.